The highest BCUT2D eigenvalue weighted by Gasteiger charge is 2.31. The van der Waals surface area contributed by atoms with E-state index in [1.807, 2.05) is 38.1 Å². The van der Waals surface area contributed by atoms with Gasteiger partial charge in [-0.1, -0.05) is 6.07 Å². The number of nitrogens with one attached hydrogen (secondary N) is 1. The molecule has 0 saturated heterocycles. The minimum Gasteiger partial charge on any atom is -0.465 e. The summed E-state index contributed by atoms with van der Waals surface area (Å²) in [6.07, 6.45) is 6.10. The summed E-state index contributed by atoms with van der Waals surface area (Å²) in [4.78, 5) is 8.42. The highest BCUT2D eigenvalue weighted by molar-refractivity contribution is 5.71. The lowest BCUT2D eigenvalue weighted by Crippen LogP contribution is -2.26. The molecule has 0 bridgehead atoms. The molecule has 3 N–H and O–H groups in total. The van der Waals surface area contributed by atoms with Crippen molar-refractivity contribution < 1.29 is 18.6 Å². The number of rotatable bonds is 4. The Morgan fingerprint density at radius 3 is 2.65 bits per heavy atom. The Bertz CT molecular complexity index is 1290. The van der Waals surface area contributed by atoms with Crippen molar-refractivity contribution in [1.29, 1.82) is 5.41 Å². The van der Waals surface area contributed by atoms with Gasteiger partial charge in [-0.15, -0.1) is 0 Å². The smallest absolute Gasteiger partial charge is 0.279 e. The largest absolute Gasteiger partial charge is 0.465 e. The average molecular weight is 461 g/mol. The summed E-state index contributed by atoms with van der Waals surface area (Å²) in [5.74, 6) is 0.532. The van der Waals surface area contributed by atoms with Gasteiger partial charge in [0.15, 0.2) is 0 Å². The van der Waals surface area contributed by atoms with Crippen LogP contribution in [0.5, 0.6) is 11.5 Å². The molecule has 1 aromatic carbocycles. The molecule has 2 aromatic heterocycles. The molecule has 0 saturated carbocycles. The SMILES string of the molecule is CC1(C)C=C(c2cc3c(cn2)Oc2ccc(-c4ccc(F)nc4)cc2[C@H]3COC(=N)N)CCO1. The van der Waals surface area contributed by atoms with Crippen molar-refractivity contribution >= 4 is 11.6 Å². The van der Waals surface area contributed by atoms with Crippen LogP contribution in [0.2, 0.25) is 0 Å². The van der Waals surface area contributed by atoms with Crippen molar-refractivity contribution in [2.75, 3.05) is 13.2 Å². The van der Waals surface area contributed by atoms with Crippen LogP contribution in [-0.2, 0) is 9.47 Å². The van der Waals surface area contributed by atoms with Crippen molar-refractivity contribution in [3.8, 4) is 22.6 Å². The Hall–Kier alpha value is -3.78. The van der Waals surface area contributed by atoms with Gasteiger partial charge in [0.05, 0.1) is 30.0 Å². The monoisotopic (exact) mass is 460 g/mol. The first-order valence-electron chi connectivity index (χ1n) is 11.1. The van der Waals surface area contributed by atoms with Crippen LogP contribution in [0.4, 0.5) is 4.39 Å². The maximum Gasteiger partial charge on any atom is 0.279 e. The van der Waals surface area contributed by atoms with Gasteiger partial charge < -0.3 is 19.9 Å². The molecule has 0 fully saturated rings. The van der Waals surface area contributed by atoms with Crippen LogP contribution in [0.3, 0.4) is 0 Å². The van der Waals surface area contributed by atoms with Gasteiger partial charge in [-0.2, -0.15) is 4.39 Å². The molecule has 0 unspecified atom stereocenters. The molecule has 0 aliphatic carbocycles. The number of aromatic nitrogens is 2. The van der Waals surface area contributed by atoms with Gasteiger partial charge in [0.2, 0.25) is 5.95 Å². The number of amidine groups is 1. The number of benzene rings is 1. The van der Waals surface area contributed by atoms with Crippen molar-refractivity contribution in [3.63, 3.8) is 0 Å². The first-order chi connectivity index (χ1) is 16.3. The number of ether oxygens (including phenoxy) is 3. The standard InChI is InChI=1S/C26H25FN4O3/c1-26(2)11-16(7-8-33-26)21-10-19-20(14-32-25(28)29)18-9-15(17-4-6-24(27)31-12-17)3-5-22(18)34-23(19)13-30-21/h3-6,9-13,20H,7-8,14H2,1-2H3,(H3,28,29)/t20-/m1/s1. The number of hydrogen-bond donors (Lipinski definition) is 2. The van der Waals surface area contributed by atoms with Crippen LogP contribution in [0.1, 0.15) is 43.0 Å². The zero-order chi connectivity index (χ0) is 23.9. The van der Waals surface area contributed by atoms with E-state index in [9.17, 15) is 4.39 Å². The first-order valence-corrected chi connectivity index (χ1v) is 11.1. The van der Waals surface area contributed by atoms with Crippen molar-refractivity contribution in [2.24, 2.45) is 5.73 Å². The molecular formula is C26H25FN4O3. The van der Waals surface area contributed by atoms with E-state index in [0.29, 0.717) is 18.1 Å². The van der Waals surface area contributed by atoms with E-state index in [4.69, 9.17) is 25.4 Å². The summed E-state index contributed by atoms with van der Waals surface area (Å²) >= 11 is 0. The van der Waals surface area contributed by atoms with Crippen LogP contribution in [0.25, 0.3) is 16.7 Å². The van der Waals surface area contributed by atoms with E-state index < -0.39 is 5.95 Å². The summed E-state index contributed by atoms with van der Waals surface area (Å²) in [5.41, 5.74) is 10.6. The Balaban J connectivity index is 1.58. The van der Waals surface area contributed by atoms with Gasteiger partial charge in [-0.3, -0.25) is 10.4 Å². The van der Waals surface area contributed by atoms with Gasteiger partial charge >= 0.3 is 0 Å². The molecule has 174 valence electrons. The molecule has 5 rings (SSSR count). The molecule has 3 aromatic rings. The Kier molecular flexibility index (Phi) is 5.53. The number of pyridine rings is 2. The second-order valence-corrected chi connectivity index (χ2v) is 8.93. The van der Waals surface area contributed by atoms with E-state index in [1.165, 1.54) is 12.3 Å². The van der Waals surface area contributed by atoms with Crippen LogP contribution in [0, 0.1) is 11.4 Å². The van der Waals surface area contributed by atoms with Crippen LogP contribution >= 0.6 is 0 Å². The van der Waals surface area contributed by atoms with Gasteiger partial charge in [-0.25, -0.2) is 4.98 Å². The topological polar surface area (TPSA) is 103 Å². The molecule has 0 radical (unpaired) electrons. The molecule has 0 spiro atoms. The summed E-state index contributed by atoms with van der Waals surface area (Å²) in [6.45, 7) is 4.85. The Morgan fingerprint density at radius 2 is 1.91 bits per heavy atom. The molecule has 0 amide bonds. The summed E-state index contributed by atoms with van der Waals surface area (Å²) in [6, 6.07) is 10.4. The van der Waals surface area contributed by atoms with Gasteiger partial charge in [0.1, 0.15) is 18.1 Å². The fourth-order valence-corrected chi connectivity index (χ4v) is 4.43. The van der Waals surface area contributed by atoms with Crippen LogP contribution < -0.4 is 10.5 Å². The second kappa shape index (κ2) is 8.53. The van der Waals surface area contributed by atoms with E-state index in [2.05, 4.69) is 16.0 Å². The molecule has 2 aliphatic heterocycles. The predicted molar refractivity (Wildman–Crippen MR) is 126 cm³/mol. The van der Waals surface area contributed by atoms with E-state index in [1.54, 1.807) is 12.3 Å². The van der Waals surface area contributed by atoms with Crippen molar-refractivity contribution in [1.82, 2.24) is 9.97 Å². The quantitative estimate of drug-likeness (QED) is 0.322. The minimum atomic E-state index is -0.530. The van der Waals surface area contributed by atoms with Crippen LogP contribution in [0.15, 0.2) is 54.9 Å². The number of nitrogens with two attached hydrogens (primary N) is 1. The lowest BCUT2D eigenvalue weighted by Gasteiger charge is -2.30. The van der Waals surface area contributed by atoms with E-state index in [0.717, 1.165) is 39.9 Å². The Labute approximate surface area is 196 Å². The third-order valence-electron chi connectivity index (χ3n) is 6.04. The fourth-order valence-electron chi connectivity index (χ4n) is 4.43. The second-order valence-electron chi connectivity index (χ2n) is 8.93. The molecule has 8 heteroatoms. The molecule has 1 atom stereocenters. The molecule has 34 heavy (non-hydrogen) atoms. The van der Waals surface area contributed by atoms with Gasteiger partial charge in [0, 0.05) is 22.9 Å². The lowest BCUT2D eigenvalue weighted by atomic mass is 9.86. The van der Waals surface area contributed by atoms with E-state index >= 15 is 0 Å². The predicted octanol–water partition coefficient (Wildman–Crippen LogP) is 5.01. The number of fused-ring (bicyclic) bond motifs is 2. The average Bonchev–Trinajstić information content (AvgIpc) is 2.81. The maximum atomic E-state index is 13.3. The fraction of sp³-hybridized carbons (Fsp3) is 0.269. The summed E-state index contributed by atoms with van der Waals surface area (Å²) < 4.78 is 30.8. The molecule has 2 aliphatic rings. The third kappa shape index (κ3) is 4.36. The maximum absolute atomic E-state index is 13.3. The van der Waals surface area contributed by atoms with Crippen molar-refractivity contribution in [2.45, 2.75) is 31.8 Å². The summed E-state index contributed by atoms with van der Waals surface area (Å²) in [5, 5.41) is 7.57. The molecular weight excluding hydrogens is 435 g/mol. The normalized spacial score (nSPS) is 18.2. The zero-order valence-electron chi connectivity index (χ0n) is 19.0. The van der Waals surface area contributed by atoms with E-state index in [-0.39, 0.29) is 24.1 Å². The lowest BCUT2D eigenvalue weighted by molar-refractivity contribution is 0.0164. The van der Waals surface area contributed by atoms with Gasteiger partial charge in [0.25, 0.3) is 6.02 Å². The number of nitrogens with zero attached hydrogens (tertiary/aromatic N) is 2. The van der Waals surface area contributed by atoms with Crippen molar-refractivity contribution in [3.05, 3.63) is 77.6 Å². The summed E-state index contributed by atoms with van der Waals surface area (Å²) in [7, 11) is 0. The molecule has 4 heterocycles. The van der Waals surface area contributed by atoms with Gasteiger partial charge in [-0.05, 0) is 67.8 Å². The number of hydrogen-bond acceptors (Lipinski definition) is 6. The zero-order valence-corrected chi connectivity index (χ0v) is 19.0. The Morgan fingerprint density at radius 1 is 1.12 bits per heavy atom. The third-order valence-corrected chi connectivity index (χ3v) is 6.04. The highest BCUT2D eigenvalue weighted by Crippen LogP contribution is 2.46. The number of halogens is 1. The highest BCUT2D eigenvalue weighted by atomic mass is 19.1. The van der Waals surface area contributed by atoms with Crippen LogP contribution in [-0.4, -0.2) is 34.8 Å². The first kappa shape index (κ1) is 22.0. The minimum absolute atomic E-state index is 0.168. The molecule has 7 nitrogen and oxygen atoms in total.